The number of nitrogens with zero attached hydrogens (tertiary/aromatic N) is 1. The summed E-state index contributed by atoms with van der Waals surface area (Å²) in [6, 6.07) is 7.59. The van der Waals surface area contributed by atoms with Crippen molar-refractivity contribution < 1.29 is 0 Å². The van der Waals surface area contributed by atoms with E-state index in [1.54, 1.807) is 6.07 Å². The number of nitriles is 1. The molecule has 1 aliphatic carbocycles. The van der Waals surface area contributed by atoms with E-state index in [1.807, 2.05) is 12.1 Å². The third kappa shape index (κ3) is 3.25. The van der Waals surface area contributed by atoms with E-state index in [0.29, 0.717) is 10.6 Å². The average Bonchev–Trinajstić information content (AvgIpc) is 2.77. The molecule has 3 heteroatoms. The van der Waals surface area contributed by atoms with Crippen LogP contribution in [0.25, 0.3) is 0 Å². The minimum Gasteiger partial charge on any atom is -0.312 e. The van der Waals surface area contributed by atoms with Crippen molar-refractivity contribution in [3.8, 4) is 6.07 Å². The second-order valence-corrected chi connectivity index (χ2v) is 5.62. The summed E-state index contributed by atoms with van der Waals surface area (Å²) in [5, 5.41) is 12.9. The van der Waals surface area contributed by atoms with Crippen LogP contribution in [0.3, 0.4) is 0 Å². The van der Waals surface area contributed by atoms with Gasteiger partial charge in [-0.25, -0.2) is 0 Å². The van der Waals surface area contributed by atoms with Gasteiger partial charge in [0, 0.05) is 11.6 Å². The van der Waals surface area contributed by atoms with Crippen LogP contribution in [0.4, 0.5) is 0 Å². The van der Waals surface area contributed by atoms with E-state index in [9.17, 15) is 0 Å². The van der Waals surface area contributed by atoms with Crippen LogP contribution in [-0.2, 0) is 6.54 Å². The molecule has 1 aliphatic rings. The molecule has 0 heterocycles. The second kappa shape index (κ2) is 6.22. The van der Waals surface area contributed by atoms with Gasteiger partial charge in [0.05, 0.1) is 11.6 Å². The first-order valence-electron chi connectivity index (χ1n) is 6.60. The molecule has 96 valence electrons. The van der Waals surface area contributed by atoms with Crippen molar-refractivity contribution in [2.45, 2.75) is 32.7 Å². The summed E-state index contributed by atoms with van der Waals surface area (Å²) >= 11 is 6.14. The Balaban J connectivity index is 1.85. The smallest absolute Gasteiger partial charge is 0.0992 e. The predicted octanol–water partition coefficient (Wildman–Crippen LogP) is 3.74. The summed E-state index contributed by atoms with van der Waals surface area (Å²) in [6.07, 6.45) is 4.07. The molecule has 0 saturated heterocycles. The Bertz CT molecular complexity index is 450. The number of hydrogen-bond donors (Lipinski definition) is 1. The summed E-state index contributed by atoms with van der Waals surface area (Å²) in [5.41, 5.74) is 1.69. The van der Waals surface area contributed by atoms with Crippen LogP contribution >= 0.6 is 11.6 Å². The average molecular weight is 263 g/mol. The zero-order valence-electron chi connectivity index (χ0n) is 10.7. The van der Waals surface area contributed by atoms with Crippen molar-refractivity contribution in [2.75, 3.05) is 6.54 Å². The minimum atomic E-state index is 0.619. The summed E-state index contributed by atoms with van der Waals surface area (Å²) in [4.78, 5) is 0. The van der Waals surface area contributed by atoms with Gasteiger partial charge in [0.15, 0.2) is 0 Å². The highest BCUT2D eigenvalue weighted by atomic mass is 35.5. The van der Waals surface area contributed by atoms with Crippen LogP contribution in [0.5, 0.6) is 0 Å². The van der Waals surface area contributed by atoms with Gasteiger partial charge in [-0.1, -0.05) is 37.4 Å². The van der Waals surface area contributed by atoms with Gasteiger partial charge in [-0.05, 0) is 42.5 Å². The molecule has 0 radical (unpaired) electrons. The van der Waals surface area contributed by atoms with E-state index >= 15 is 0 Å². The molecule has 2 rings (SSSR count). The number of benzene rings is 1. The Morgan fingerprint density at radius 2 is 2.28 bits per heavy atom. The number of halogens is 1. The van der Waals surface area contributed by atoms with Crippen molar-refractivity contribution in [1.82, 2.24) is 5.32 Å². The molecular formula is C15H19ClN2. The highest BCUT2D eigenvalue weighted by Crippen LogP contribution is 2.30. The van der Waals surface area contributed by atoms with Crippen molar-refractivity contribution in [3.05, 3.63) is 34.3 Å². The van der Waals surface area contributed by atoms with E-state index in [0.717, 1.165) is 30.5 Å². The van der Waals surface area contributed by atoms with Crippen LogP contribution in [-0.4, -0.2) is 6.54 Å². The molecule has 0 bridgehead atoms. The topological polar surface area (TPSA) is 35.8 Å². The van der Waals surface area contributed by atoms with Gasteiger partial charge < -0.3 is 5.32 Å². The third-order valence-corrected chi connectivity index (χ3v) is 4.30. The van der Waals surface area contributed by atoms with E-state index in [4.69, 9.17) is 16.9 Å². The maximum absolute atomic E-state index is 8.78. The molecule has 2 atom stereocenters. The highest BCUT2D eigenvalue weighted by molar-refractivity contribution is 6.31. The van der Waals surface area contributed by atoms with Gasteiger partial charge >= 0.3 is 0 Å². The number of hydrogen-bond acceptors (Lipinski definition) is 2. The van der Waals surface area contributed by atoms with Gasteiger partial charge in [0.25, 0.3) is 0 Å². The molecule has 2 nitrogen and oxygen atoms in total. The quantitative estimate of drug-likeness (QED) is 0.897. The zero-order valence-corrected chi connectivity index (χ0v) is 11.5. The van der Waals surface area contributed by atoms with Crippen LogP contribution in [0, 0.1) is 23.2 Å². The SMILES string of the molecule is CC1CCCC1CNCc1ccc(C#N)cc1Cl. The molecule has 1 aromatic carbocycles. The number of rotatable bonds is 4. The molecule has 0 spiro atoms. The summed E-state index contributed by atoms with van der Waals surface area (Å²) in [5.74, 6) is 1.65. The van der Waals surface area contributed by atoms with Crippen molar-refractivity contribution in [2.24, 2.45) is 11.8 Å². The van der Waals surface area contributed by atoms with Crippen molar-refractivity contribution >= 4 is 11.6 Å². The van der Waals surface area contributed by atoms with E-state index < -0.39 is 0 Å². The lowest BCUT2D eigenvalue weighted by atomic mass is 9.98. The van der Waals surface area contributed by atoms with Gasteiger partial charge in [-0.15, -0.1) is 0 Å². The molecule has 2 unspecified atom stereocenters. The fourth-order valence-corrected chi connectivity index (χ4v) is 2.93. The third-order valence-electron chi connectivity index (χ3n) is 3.94. The van der Waals surface area contributed by atoms with Crippen LogP contribution < -0.4 is 5.32 Å². The van der Waals surface area contributed by atoms with Crippen molar-refractivity contribution in [3.63, 3.8) is 0 Å². The normalized spacial score (nSPS) is 22.9. The Labute approximate surface area is 114 Å². The molecule has 1 fully saturated rings. The highest BCUT2D eigenvalue weighted by Gasteiger charge is 2.22. The Morgan fingerprint density at radius 3 is 2.89 bits per heavy atom. The van der Waals surface area contributed by atoms with E-state index in [-0.39, 0.29) is 0 Å². The first-order chi connectivity index (χ1) is 8.70. The zero-order chi connectivity index (χ0) is 13.0. The van der Waals surface area contributed by atoms with Crippen LogP contribution in [0.1, 0.15) is 37.3 Å². The van der Waals surface area contributed by atoms with E-state index in [2.05, 4.69) is 18.3 Å². The maximum Gasteiger partial charge on any atom is 0.0992 e. The Hall–Kier alpha value is -1.04. The molecule has 1 N–H and O–H groups in total. The van der Waals surface area contributed by atoms with Crippen LogP contribution in [0.2, 0.25) is 5.02 Å². The molecule has 1 saturated carbocycles. The molecular weight excluding hydrogens is 244 g/mol. The first-order valence-corrected chi connectivity index (χ1v) is 6.97. The largest absolute Gasteiger partial charge is 0.312 e. The molecule has 1 aromatic rings. The first kappa shape index (κ1) is 13.4. The summed E-state index contributed by atoms with van der Waals surface area (Å²) < 4.78 is 0. The number of nitrogens with one attached hydrogen (secondary N) is 1. The summed E-state index contributed by atoms with van der Waals surface area (Å²) in [6.45, 7) is 4.19. The van der Waals surface area contributed by atoms with Gasteiger partial charge in [-0.2, -0.15) is 5.26 Å². The Morgan fingerprint density at radius 1 is 1.44 bits per heavy atom. The van der Waals surface area contributed by atoms with Gasteiger partial charge in [-0.3, -0.25) is 0 Å². The fraction of sp³-hybridized carbons (Fsp3) is 0.533. The maximum atomic E-state index is 8.78. The molecule has 0 aromatic heterocycles. The second-order valence-electron chi connectivity index (χ2n) is 5.22. The summed E-state index contributed by atoms with van der Waals surface area (Å²) in [7, 11) is 0. The van der Waals surface area contributed by atoms with Gasteiger partial charge in [0.1, 0.15) is 0 Å². The lowest BCUT2D eigenvalue weighted by Crippen LogP contribution is -2.24. The predicted molar refractivity (Wildman–Crippen MR) is 74.4 cm³/mol. The van der Waals surface area contributed by atoms with Crippen molar-refractivity contribution in [1.29, 1.82) is 5.26 Å². The molecule has 0 aliphatic heterocycles. The lowest BCUT2D eigenvalue weighted by molar-refractivity contribution is 0.392. The monoisotopic (exact) mass is 262 g/mol. The minimum absolute atomic E-state index is 0.619. The lowest BCUT2D eigenvalue weighted by Gasteiger charge is -2.16. The fourth-order valence-electron chi connectivity index (χ4n) is 2.68. The van der Waals surface area contributed by atoms with E-state index in [1.165, 1.54) is 19.3 Å². The molecule has 18 heavy (non-hydrogen) atoms. The standard InChI is InChI=1S/C15H19ClN2/c1-11-3-2-4-13(11)9-18-10-14-6-5-12(8-17)7-15(14)16/h5-7,11,13,18H,2-4,9-10H2,1H3. The van der Waals surface area contributed by atoms with Gasteiger partial charge in [0.2, 0.25) is 0 Å². The van der Waals surface area contributed by atoms with Crippen LogP contribution in [0.15, 0.2) is 18.2 Å². The Kier molecular flexibility index (Phi) is 4.63. The molecule has 0 amide bonds.